The lowest BCUT2D eigenvalue weighted by Gasteiger charge is -2.30. The minimum Gasteiger partial charge on any atom is -0.357 e. The van der Waals surface area contributed by atoms with Crippen LogP contribution in [-0.2, 0) is 4.79 Å². The molecule has 156 valence electrons. The average molecular weight is 483 g/mol. The molecule has 1 atom stereocenters. The van der Waals surface area contributed by atoms with Crippen molar-refractivity contribution in [1.29, 1.82) is 0 Å². The van der Waals surface area contributed by atoms with Crippen LogP contribution in [-0.4, -0.2) is 61.1 Å². The summed E-state index contributed by atoms with van der Waals surface area (Å²) < 4.78 is 0. The zero-order chi connectivity index (χ0) is 19.2. The van der Waals surface area contributed by atoms with Crippen LogP contribution in [0.25, 0.3) is 0 Å². The molecule has 0 aromatic rings. The van der Waals surface area contributed by atoms with Crippen molar-refractivity contribution in [1.82, 2.24) is 20.9 Å². The Balaban J connectivity index is 0. The van der Waals surface area contributed by atoms with Gasteiger partial charge in [-0.2, -0.15) is 0 Å². The number of nitrogens with zero attached hydrogens (tertiary/aromatic N) is 2. The van der Waals surface area contributed by atoms with Crippen LogP contribution in [0.15, 0.2) is 4.99 Å². The number of hydrogen-bond donors (Lipinski definition) is 3. The highest BCUT2D eigenvalue weighted by Crippen LogP contribution is 2.05. The molecule has 3 N–H and O–H groups in total. The Hall–Kier alpha value is -0.570. The fourth-order valence-corrected chi connectivity index (χ4v) is 2.64. The van der Waals surface area contributed by atoms with Gasteiger partial charge in [-0.05, 0) is 54.4 Å². The zero-order valence-electron chi connectivity index (χ0n) is 17.9. The Morgan fingerprint density at radius 3 is 2.15 bits per heavy atom. The third-order valence-electron chi connectivity index (χ3n) is 4.18. The molecule has 0 aliphatic carbocycles. The molecule has 0 fully saturated rings. The molecule has 0 saturated carbocycles. The fraction of sp³-hybridized carbons (Fsp3) is 0.895. The normalized spacial score (nSPS) is 12.9. The van der Waals surface area contributed by atoms with Gasteiger partial charge in [0.25, 0.3) is 0 Å². The number of halogens is 1. The number of guanidine groups is 1. The molecule has 0 saturated heterocycles. The Labute approximate surface area is 178 Å². The second kappa shape index (κ2) is 16.6. The van der Waals surface area contributed by atoms with Gasteiger partial charge in [-0.1, -0.05) is 6.92 Å². The van der Waals surface area contributed by atoms with Crippen molar-refractivity contribution < 1.29 is 4.79 Å². The highest BCUT2D eigenvalue weighted by atomic mass is 127. The summed E-state index contributed by atoms with van der Waals surface area (Å²) in [7, 11) is 0. The van der Waals surface area contributed by atoms with E-state index in [1.54, 1.807) is 0 Å². The van der Waals surface area contributed by atoms with E-state index < -0.39 is 0 Å². The molecule has 0 bridgehead atoms. The van der Waals surface area contributed by atoms with Crippen molar-refractivity contribution in [2.45, 2.75) is 85.9 Å². The van der Waals surface area contributed by atoms with Crippen LogP contribution in [0.1, 0.15) is 67.7 Å². The van der Waals surface area contributed by atoms with Gasteiger partial charge in [0.15, 0.2) is 5.96 Å². The standard InChI is InChI=1S/C19H41N5O.HI/c1-8-17(7)23-18(25)11-13-22-19(20-9-2)21-12-10-14-24(15(3)4)16(5)6;/h15-17H,8-14H2,1-7H3,(H,23,25)(H2,20,21,22);1H. The topological polar surface area (TPSA) is 68.8 Å². The Morgan fingerprint density at radius 1 is 1.04 bits per heavy atom. The molecule has 7 heteroatoms. The molecule has 1 unspecified atom stereocenters. The molecule has 0 aromatic heterocycles. The van der Waals surface area contributed by atoms with Crippen LogP contribution < -0.4 is 16.0 Å². The fourth-order valence-electron chi connectivity index (χ4n) is 2.64. The van der Waals surface area contributed by atoms with E-state index >= 15 is 0 Å². The maximum atomic E-state index is 11.8. The first-order valence-electron chi connectivity index (χ1n) is 9.89. The van der Waals surface area contributed by atoms with Gasteiger partial charge in [0.2, 0.25) is 5.91 Å². The first-order valence-corrected chi connectivity index (χ1v) is 9.89. The molecule has 0 aromatic carbocycles. The lowest BCUT2D eigenvalue weighted by molar-refractivity contribution is -0.121. The molecule has 0 radical (unpaired) electrons. The van der Waals surface area contributed by atoms with E-state index in [1.165, 1.54) is 0 Å². The number of hydrogen-bond acceptors (Lipinski definition) is 3. The molecular weight excluding hydrogens is 441 g/mol. The van der Waals surface area contributed by atoms with Crippen molar-refractivity contribution in [3.05, 3.63) is 0 Å². The lowest BCUT2D eigenvalue weighted by Crippen LogP contribution is -2.40. The molecular formula is C19H42IN5O. The monoisotopic (exact) mass is 483 g/mol. The molecule has 1 amide bonds. The van der Waals surface area contributed by atoms with E-state index in [1.807, 2.05) is 13.8 Å². The third kappa shape index (κ3) is 13.6. The highest BCUT2D eigenvalue weighted by molar-refractivity contribution is 14.0. The van der Waals surface area contributed by atoms with Crippen molar-refractivity contribution in [2.24, 2.45) is 4.99 Å². The average Bonchev–Trinajstić information content (AvgIpc) is 2.53. The van der Waals surface area contributed by atoms with Crippen molar-refractivity contribution in [2.75, 3.05) is 26.2 Å². The number of nitrogens with one attached hydrogen (secondary N) is 3. The SMILES string of the molecule is CCNC(=NCCCN(C(C)C)C(C)C)NCCC(=O)NC(C)CC.I. The van der Waals surface area contributed by atoms with Crippen LogP contribution in [0.2, 0.25) is 0 Å². The van der Waals surface area contributed by atoms with Crippen LogP contribution >= 0.6 is 24.0 Å². The second-order valence-electron chi connectivity index (χ2n) is 7.09. The van der Waals surface area contributed by atoms with Gasteiger partial charge >= 0.3 is 0 Å². The van der Waals surface area contributed by atoms with Gasteiger partial charge in [-0.25, -0.2) is 0 Å². The van der Waals surface area contributed by atoms with Gasteiger partial charge < -0.3 is 16.0 Å². The van der Waals surface area contributed by atoms with Crippen LogP contribution in [0, 0.1) is 0 Å². The maximum Gasteiger partial charge on any atom is 0.221 e. The largest absolute Gasteiger partial charge is 0.357 e. The first kappa shape index (κ1) is 27.6. The predicted octanol–water partition coefficient (Wildman–Crippen LogP) is 2.97. The molecule has 0 aliphatic heterocycles. The summed E-state index contributed by atoms with van der Waals surface area (Å²) in [5.41, 5.74) is 0. The molecule has 0 spiro atoms. The van der Waals surface area contributed by atoms with E-state index in [9.17, 15) is 4.79 Å². The minimum atomic E-state index is 0. The summed E-state index contributed by atoms with van der Waals surface area (Å²) in [6.07, 6.45) is 2.44. The van der Waals surface area contributed by atoms with Crippen LogP contribution in [0.5, 0.6) is 0 Å². The Bertz CT molecular complexity index is 380. The van der Waals surface area contributed by atoms with Crippen LogP contribution in [0.3, 0.4) is 0 Å². The maximum absolute atomic E-state index is 11.8. The van der Waals surface area contributed by atoms with E-state index in [0.29, 0.717) is 25.0 Å². The van der Waals surface area contributed by atoms with Gasteiger partial charge in [0.1, 0.15) is 0 Å². The number of carbonyl (C=O) groups is 1. The summed E-state index contributed by atoms with van der Waals surface area (Å²) in [4.78, 5) is 18.9. The van der Waals surface area contributed by atoms with E-state index in [2.05, 4.69) is 60.5 Å². The Morgan fingerprint density at radius 2 is 1.65 bits per heavy atom. The van der Waals surface area contributed by atoms with Crippen molar-refractivity contribution in [3.63, 3.8) is 0 Å². The minimum absolute atomic E-state index is 0. The molecule has 0 aliphatic rings. The predicted molar refractivity (Wildman–Crippen MR) is 124 cm³/mol. The summed E-state index contributed by atoms with van der Waals surface area (Å²) in [5.74, 6) is 0.877. The molecule has 6 nitrogen and oxygen atoms in total. The number of aliphatic imine (C=N–C) groups is 1. The van der Waals surface area contributed by atoms with E-state index in [4.69, 9.17) is 0 Å². The summed E-state index contributed by atoms with van der Waals surface area (Å²) in [6, 6.07) is 1.35. The zero-order valence-corrected chi connectivity index (χ0v) is 20.2. The highest BCUT2D eigenvalue weighted by Gasteiger charge is 2.12. The van der Waals surface area contributed by atoms with Crippen molar-refractivity contribution >= 4 is 35.8 Å². The summed E-state index contributed by atoms with van der Waals surface area (Å²) in [6.45, 7) is 18.3. The lowest BCUT2D eigenvalue weighted by atomic mass is 10.2. The quantitative estimate of drug-likeness (QED) is 0.173. The molecule has 0 heterocycles. The summed E-state index contributed by atoms with van der Waals surface area (Å²) >= 11 is 0. The van der Waals surface area contributed by atoms with Gasteiger partial charge in [0.05, 0.1) is 0 Å². The number of carbonyl (C=O) groups excluding carboxylic acids is 1. The third-order valence-corrected chi connectivity index (χ3v) is 4.18. The second-order valence-corrected chi connectivity index (χ2v) is 7.09. The van der Waals surface area contributed by atoms with Crippen molar-refractivity contribution in [3.8, 4) is 0 Å². The number of amides is 1. The van der Waals surface area contributed by atoms with Gasteiger partial charge in [-0.3, -0.25) is 14.7 Å². The van der Waals surface area contributed by atoms with Gasteiger partial charge in [0, 0.05) is 50.7 Å². The molecule has 26 heavy (non-hydrogen) atoms. The Kier molecular flexibility index (Phi) is 17.6. The summed E-state index contributed by atoms with van der Waals surface area (Å²) in [5, 5.41) is 9.45. The van der Waals surface area contributed by atoms with E-state index in [-0.39, 0.29) is 35.9 Å². The van der Waals surface area contributed by atoms with Gasteiger partial charge in [-0.15, -0.1) is 24.0 Å². The molecule has 0 rings (SSSR count). The smallest absolute Gasteiger partial charge is 0.221 e. The number of rotatable bonds is 12. The first-order chi connectivity index (χ1) is 11.8. The van der Waals surface area contributed by atoms with E-state index in [0.717, 1.165) is 38.4 Å². The van der Waals surface area contributed by atoms with Crippen LogP contribution in [0.4, 0.5) is 0 Å².